The van der Waals surface area contributed by atoms with E-state index < -0.39 is 5.76 Å². The molecule has 0 spiro atoms. The Hall–Kier alpha value is -2.10. The minimum atomic E-state index is -2.61. The molecule has 3 heterocycles. The molecule has 0 unspecified atom stereocenters. The number of amides is 1. The summed E-state index contributed by atoms with van der Waals surface area (Å²) in [5.74, 6) is -2.85. The van der Waals surface area contributed by atoms with Gasteiger partial charge in [0, 0.05) is 32.4 Å². The Balaban J connectivity index is 1.42. The number of hydrogen-bond donors (Lipinski definition) is 0. The van der Waals surface area contributed by atoms with Crippen molar-refractivity contribution in [2.75, 3.05) is 26.2 Å². The average Bonchev–Trinajstić information content (AvgIpc) is 3.17. The van der Waals surface area contributed by atoms with Crippen LogP contribution >= 0.6 is 23.1 Å². The van der Waals surface area contributed by atoms with Gasteiger partial charge in [-0.25, -0.2) is 9.97 Å². The van der Waals surface area contributed by atoms with Crippen LogP contribution in [0.25, 0.3) is 10.2 Å². The van der Waals surface area contributed by atoms with Gasteiger partial charge in [0.05, 0.1) is 21.8 Å². The largest absolute Gasteiger partial charge is 0.336 e. The number of benzene rings is 1. The molecule has 0 N–H and O–H groups in total. The van der Waals surface area contributed by atoms with Crippen molar-refractivity contribution in [2.45, 2.75) is 23.7 Å². The second-order valence-corrected chi connectivity index (χ2v) is 8.80. The van der Waals surface area contributed by atoms with Crippen molar-refractivity contribution in [3.05, 3.63) is 53.2 Å². The molecule has 4 rings (SSSR count). The highest BCUT2D eigenvalue weighted by Gasteiger charge is 2.28. The summed E-state index contributed by atoms with van der Waals surface area (Å²) in [5.41, 5.74) is 1.25. The van der Waals surface area contributed by atoms with Gasteiger partial charge in [0.1, 0.15) is 10.0 Å². The van der Waals surface area contributed by atoms with Gasteiger partial charge in [0.2, 0.25) is 0 Å². The highest BCUT2D eigenvalue weighted by atomic mass is 32.2. The molecule has 1 amide bonds. The SMILES string of the molecule is C[C@H](c1nc2ccccc2s1)N1CCN(C(=O)c2cccnc2SC(F)F)CC1. The van der Waals surface area contributed by atoms with E-state index in [1.807, 2.05) is 18.2 Å². The van der Waals surface area contributed by atoms with Crippen molar-refractivity contribution in [1.29, 1.82) is 0 Å². The van der Waals surface area contributed by atoms with Crippen LogP contribution in [-0.4, -0.2) is 57.6 Å². The standard InChI is InChI=1S/C20H20F2N4OS2/c1-13(17-24-15-6-2-3-7-16(15)28-17)25-9-11-26(12-10-25)19(27)14-5-4-8-23-18(14)29-20(21)22/h2-8,13,20H,9-12H2,1H3/t13-/m1/s1. The molecule has 3 aromatic rings. The van der Waals surface area contributed by atoms with Gasteiger partial charge in [-0.15, -0.1) is 11.3 Å². The molecule has 0 bridgehead atoms. The second kappa shape index (κ2) is 8.73. The molecule has 1 atom stereocenters. The number of alkyl halides is 2. The number of pyridine rings is 1. The maximum atomic E-state index is 12.9. The Morgan fingerprint density at radius 1 is 1.14 bits per heavy atom. The number of aromatic nitrogens is 2. The molecular weight excluding hydrogens is 414 g/mol. The second-order valence-electron chi connectivity index (χ2n) is 6.76. The van der Waals surface area contributed by atoms with Gasteiger partial charge in [-0.3, -0.25) is 9.69 Å². The lowest BCUT2D eigenvalue weighted by Crippen LogP contribution is -2.49. The Morgan fingerprint density at radius 2 is 1.90 bits per heavy atom. The summed E-state index contributed by atoms with van der Waals surface area (Å²) in [7, 11) is 0. The highest BCUT2D eigenvalue weighted by molar-refractivity contribution is 7.99. The average molecular weight is 435 g/mol. The minimum absolute atomic E-state index is 0.0813. The summed E-state index contributed by atoms with van der Waals surface area (Å²) in [4.78, 5) is 25.6. The number of fused-ring (bicyclic) bond motifs is 1. The topological polar surface area (TPSA) is 49.3 Å². The van der Waals surface area contributed by atoms with E-state index in [0.717, 1.165) is 10.5 Å². The summed E-state index contributed by atoms with van der Waals surface area (Å²) in [5, 5.41) is 1.15. The number of hydrogen-bond acceptors (Lipinski definition) is 6. The summed E-state index contributed by atoms with van der Waals surface area (Å²) in [6.07, 6.45) is 1.43. The zero-order chi connectivity index (χ0) is 20.4. The van der Waals surface area contributed by atoms with Crippen LogP contribution in [0.3, 0.4) is 0 Å². The van der Waals surface area contributed by atoms with Crippen molar-refractivity contribution >= 4 is 39.2 Å². The lowest BCUT2D eigenvalue weighted by atomic mass is 10.2. The number of carbonyl (C=O) groups is 1. The molecule has 29 heavy (non-hydrogen) atoms. The normalized spacial score (nSPS) is 16.5. The summed E-state index contributed by atoms with van der Waals surface area (Å²) in [6.45, 7) is 4.64. The third kappa shape index (κ3) is 4.41. The summed E-state index contributed by atoms with van der Waals surface area (Å²) in [6, 6.07) is 11.4. The molecule has 1 aliphatic rings. The molecule has 1 fully saturated rings. The quantitative estimate of drug-likeness (QED) is 0.553. The number of rotatable bonds is 5. The number of piperazine rings is 1. The van der Waals surface area contributed by atoms with Crippen molar-refractivity contribution in [2.24, 2.45) is 0 Å². The molecule has 2 aromatic heterocycles. The molecule has 0 radical (unpaired) electrons. The molecule has 9 heteroatoms. The molecule has 0 saturated carbocycles. The van der Waals surface area contributed by atoms with E-state index in [2.05, 4.69) is 22.9 Å². The molecule has 1 aliphatic heterocycles. The molecule has 152 valence electrons. The van der Waals surface area contributed by atoms with Gasteiger partial charge in [-0.05, 0) is 43.0 Å². The molecule has 1 saturated heterocycles. The number of nitrogens with zero attached hydrogens (tertiary/aromatic N) is 4. The fourth-order valence-corrected chi connectivity index (χ4v) is 5.07. The zero-order valence-corrected chi connectivity index (χ0v) is 17.4. The first kappa shape index (κ1) is 20.2. The van der Waals surface area contributed by atoms with Crippen molar-refractivity contribution in [3.63, 3.8) is 0 Å². The number of thiazole rings is 1. The van der Waals surface area contributed by atoms with E-state index in [0.29, 0.717) is 37.9 Å². The summed E-state index contributed by atoms with van der Waals surface area (Å²) >= 11 is 2.01. The lowest BCUT2D eigenvalue weighted by molar-refractivity contribution is 0.0578. The van der Waals surface area contributed by atoms with Gasteiger partial charge >= 0.3 is 0 Å². The van der Waals surface area contributed by atoms with E-state index in [9.17, 15) is 13.6 Å². The van der Waals surface area contributed by atoms with Crippen molar-refractivity contribution in [3.8, 4) is 0 Å². The van der Waals surface area contributed by atoms with Crippen LogP contribution in [-0.2, 0) is 0 Å². The van der Waals surface area contributed by atoms with Crippen molar-refractivity contribution in [1.82, 2.24) is 19.8 Å². The molecule has 1 aromatic carbocycles. The maximum absolute atomic E-state index is 12.9. The van der Waals surface area contributed by atoms with Crippen LogP contribution in [0.1, 0.15) is 28.3 Å². The van der Waals surface area contributed by atoms with Gasteiger partial charge in [-0.2, -0.15) is 8.78 Å². The molecule has 5 nitrogen and oxygen atoms in total. The molecular formula is C20H20F2N4OS2. The smallest absolute Gasteiger partial charge is 0.290 e. The summed E-state index contributed by atoms with van der Waals surface area (Å²) < 4.78 is 26.7. The fourth-order valence-electron chi connectivity index (χ4n) is 3.44. The number of carbonyl (C=O) groups excluding carboxylic acids is 1. The Morgan fingerprint density at radius 3 is 2.62 bits per heavy atom. The predicted molar refractivity (Wildman–Crippen MR) is 112 cm³/mol. The van der Waals surface area contributed by atoms with Crippen LogP contribution in [0.2, 0.25) is 0 Å². The Kier molecular flexibility index (Phi) is 6.07. The van der Waals surface area contributed by atoms with E-state index >= 15 is 0 Å². The van der Waals surface area contributed by atoms with E-state index in [4.69, 9.17) is 4.98 Å². The van der Waals surface area contributed by atoms with Gasteiger partial charge in [-0.1, -0.05) is 12.1 Å². The van der Waals surface area contributed by atoms with Crippen LogP contribution < -0.4 is 0 Å². The van der Waals surface area contributed by atoms with Crippen LogP contribution in [0.4, 0.5) is 8.78 Å². The van der Waals surface area contributed by atoms with Crippen LogP contribution in [0, 0.1) is 0 Å². The number of thioether (sulfide) groups is 1. The number of halogens is 2. The first-order valence-electron chi connectivity index (χ1n) is 9.31. The monoisotopic (exact) mass is 434 g/mol. The minimum Gasteiger partial charge on any atom is -0.336 e. The lowest BCUT2D eigenvalue weighted by Gasteiger charge is -2.37. The zero-order valence-electron chi connectivity index (χ0n) is 15.8. The van der Waals surface area contributed by atoms with E-state index in [1.165, 1.54) is 10.9 Å². The highest BCUT2D eigenvalue weighted by Crippen LogP contribution is 2.31. The van der Waals surface area contributed by atoms with E-state index in [1.54, 1.807) is 28.4 Å². The fraction of sp³-hybridized carbons (Fsp3) is 0.350. The first-order valence-corrected chi connectivity index (χ1v) is 11.0. The van der Waals surface area contributed by atoms with Crippen LogP contribution in [0.5, 0.6) is 0 Å². The third-order valence-corrected chi connectivity index (χ3v) is 6.95. The van der Waals surface area contributed by atoms with Gasteiger partial charge < -0.3 is 4.90 Å². The maximum Gasteiger partial charge on any atom is 0.290 e. The predicted octanol–water partition coefficient (Wildman–Crippen LogP) is 4.53. The van der Waals surface area contributed by atoms with Gasteiger partial charge in [0.15, 0.2) is 0 Å². The first-order chi connectivity index (χ1) is 14.0. The Labute approximate surface area is 175 Å². The number of para-hydroxylation sites is 1. The third-order valence-electron chi connectivity index (χ3n) is 5.02. The van der Waals surface area contributed by atoms with Crippen molar-refractivity contribution < 1.29 is 13.6 Å². The Bertz CT molecular complexity index is 972. The van der Waals surface area contributed by atoms with E-state index in [-0.39, 0.29) is 22.5 Å². The van der Waals surface area contributed by atoms with Crippen LogP contribution in [0.15, 0.2) is 47.6 Å². The van der Waals surface area contributed by atoms with Gasteiger partial charge in [0.25, 0.3) is 11.7 Å². The molecule has 0 aliphatic carbocycles.